The third-order valence-corrected chi connectivity index (χ3v) is 9.30. The average Bonchev–Trinajstić information content (AvgIpc) is 3.08. The zero-order chi connectivity index (χ0) is 37.9. The Labute approximate surface area is 292 Å². The maximum Gasteiger partial charge on any atom is 0.315 e. The van der Waals surface area contributed by atoms with Crippen molar-refractivity contribution in [3.8, 4) is 0 Å². The Morgan fingerprint density at radius 1 is 0.667 bits per heavy atom. The van der Waals surface area contributed by atoms with Gasteiger partial charge >= 0.3 is 6.43 Å². The second-order valence-electron chi connectivity index (χ2n) is 10.9. The Hall–Kier alpha value is -5.13. The predicted octanol–water partition coefficient (Wildman–Crippen LogP) is 4.29. The third kappa shape index (κ3) is 11.7. The molecule has 0 aliphatic rings. The Morgan fingerprint density at radius 2 is 1.06 bits per heavy atom. The van der Waals surface area contributed by atoms with Crippen molar-refractivity contribution in [1.82, 2.24) is 5.32 Å². The third-order valence-electron chi connectivity index (χ3n) is 7.02. The van der Waals surface area contributed by atoms with E-state index in [0.717, 1.165) is 35.0 Å². The van der Waals surface area contributed by atoms with Crippen LogP contribution in [0.3, 0.4) is 0 Å². The van der Waals surface area contributed by atoms with Crippen molar-refractivity contribution >= 4 is 48.9 Å². The van der Waals surface area contributed by atoms with Crippen LogP contribution in [-0.2, 0) is 37.9 Å². The monoisotopic (exact) mass is 750 g/mol. The van der Waals surface area contributed by atoms with Crippen LogP contribution >= 0.6 is 0 Å². The lowest BCUT2D eigenvalue weighted by Crippen LogP contribution is -2.34. The van der Waals surface area contributed by atoms with Gasteiger partial charge in [-0.2, -0.15) is 8.78 Å². The topological polar surface area (TPSA) is 164 Å². The number of alkyl halides is 2. The molecular formula is C34H34F4N4O7S2. The van der Waals surface area contributed by atoms with Crippen molar-refractivity contribution in [2.75, 3.05) is 34.2 Å². The van der Waals surface area contributed by atoms with Gasteiger partial charge in [-0.05, 0) is 59.7 Å². The molecule has 0 fully saturated rings. The number of nitrogens with one attached hydrogen (secondary N) is 1. The van der Waals surface area contributed by atoms with Gasteiger partial charge in [-0.25, -0.2) is 25.6 Å². The number of halogens is 4. The molecule has 0 aromatic heterocycles. The van der Waals surface area contributed by atoms with Crippen LogP contribution in [0.15, 0.2) is 97.1 Å². The van der Waals surface area contributed by atoms with Crippen LogP contribution in [0.25, 0.3) is 0 Å². The number of Topliss-reactive ketones (excluding diaryl/α,β-unsaturated/α-hetero) is 2. The number of hydrogen-bond acceptors (Lipinski definition) is 8. The van der Waals surface area contributed by atoms with E-state index in [4.69, 9.17) is 5.73 Å². The van der Waals surface area contributed by atoms with Crippen molar-refractivity contribution in [2.24, 2.45) is 5.73 Å². The molecule has 0 saturated carbocycles. The fourth-order valence-electron chi connectivity index (χ4n) is 4.54. The molecule has 4 rings (SSSR count). The number of amides is 1. The SMILES string of the molecule is CS(=O)(=O)N(Cc1ccc(C(=O)CN)c(F)c1)c1ccccc1.CS(=O)(=O)N(Cc1ccc(C(=O)CNC(=O)C(F)F)c(F)c1)c1ccccc1. The van der Waals surface area contributed by atoms with Crippen LogP contribution in [0.1, 0.15) is 31.8 Å². The van der Waals surface area contributed by atoms with Crippen molar-refractivity contribution in [3.05, 3.63) is 131 Å². The number of rotatable bonds is 14. The molecule has 3 N–H and O–H groups in total. The van der Waals surface area contributed by atoms with Gasteiger partial charge in [0.2, 0.25) is 20.0 Å². The minimum atomic E-state index is -3.66. The van der Waals surface area contributed by atoms with Gasteiger partial charge in [0.15, 0.2) is 11.6 Å². The molecule has 0 aliphatic heterocycles. The maximum atomic E-state index is 14.3. The van der Waals surface area contributed by atoms with E-state index in [2.05, 4.69) is 0 Å². The number of hydrogen-bond donors (Lipinski definition) is 2. The largest absolute Gasteiger partial charge is 0.344 e. The molecule has 272 valence electrons. The molecule has 0 atom stereocenters. The molecule has 0 heterocycles. The summed E-state index contributed by atoms with van der Waals surface area (Å²) in [7, 11) is -7.19. The average molecular weight is 751 g/mol. The summed E-state index contributed by atoms with van der Waals surface area (Å²) >= 11 is 0. The molecule has 0 spiro atoms. The standard InChI is InChI=1S/C18H17F3N2O4S.C16H17FN2O3S/c1-28(26,27)23(13-5-3-2-4-6-13)11-12-7-8-14(15(19)9-12)16(24)10-22-18(25)17(20)21;1-23(21,22)19(13-5-3-2-4-6-13)11-12-7-8-14(15(17)9-12)16(20)10-18/h2-9,17H,10-11H2,1H3,(H,22,25);2-9H,10-11,18H2,1H3. The lowest BCUT2D eigenvalue weighted by Gasteiger charge is -2.22. The van der Waals surface area contributed by atoms with Gasteiger partial charge in [-0.3, -0.25) is 23.0 Å². The summed E-state index contributed by atoms with van der Waals surface area (Å²) in [4.78, 5) is 34.2. The van der Waals surface area contributed by atoms with E-state index in [1.807, 2.05) is 0 Å². The molecule has 0 saturated heterocycles. The Kier molecular flexibility index (Phi) is 14.0. The van der Waals surface area contributed by atoms with Crippen molar-refractivity contribution < 1.29 is 48.8 Å². The van der Waals surface area contributed by atoms with Gasteiger partial charge in [-0.1, -0.05) is 48.5 Å². The normalized spacial score (nSPS) is 11.3. The number of ketones is 2. The zero-order valence-corrected chi connectivity index (χ0v) is 28.9. The van der Waals surface area contributed by atoms with E-state index in [-0.39, 0.29) is 30.8 Å². The highest BCUT2D eigenvalue weighted by atomic mass is 32.2. The van der Waals surface area contributed by atoms with Crippen molar-refractivity contribution in [3.63, 3.8) is 0 Å². The summed E-state index contributed by atoms with van der Waals surface area (Å²) in [6, 6.07) is 24.2. The summed E-state index contributed by atoms with van der Waals surface area (Å²) in [6.07, 6.45) is -1.18. The fraction of sp³-hybridized carbons (Fsp3) is 0.206. The molecule has 4 aromatic carbocycles. The number of sulfonamides is 2. The number of carbonyl (C=O) groups excluding carboxylic acids is 3. The Bertz CT molecular complexity index is 2070. The van der Waals surface area contributed by atoms with Gasteiger partial charge < -0.3 is 11.1 Å². The highest BCUT2D eigenvalue weighted by molar-refractivity contribution is 7.92. The first kappa shape index (κ1) is 40.3. The number of para-hydroxylation sites is 2. The summed E-state index contributed by atoms with van der Waals surface area (Å²) in [6.45, 7) is -1.26. The van der Waals surface area contributed by atoms with Gasteiger partial charge in [0.25, 0.3) is 5.91 Å². The molecule has 17 heteroatoms. The molecule has 0 unspecified atom stereocenters. The van der Waals surface area contributed by atoms with Crippen LogP contribution in [0.5, 0.6) is 0 Å². The highest BCUT2D eigenvalue weighted by Gasteiger charge is 2.22. The maximum absolute atomic E-state index is 14.3. The summed E-state index contributed by atoms with van der Waals surface area (Å²) in [5, 5.41) is 1.70. The summed E-state index contributed by atoms with van der Waals surface area (Å²) in [5.74, 6) is -4.68. The Balaban J connectivity index is 0.000000281. The van der Waals surface area contributed by atoms with Crippen LogP contribution in [0.4, 0.5) is 28.9 Å². The zero-order valence-electron chi connectivity index (χ0n) is 27.3. The van der Waals surface area contributed by atoms with Gasteiger partial charge in [0.05, 0.1) is 61.2 Å². The van der Waals surface area contributed by atoms with Gasteiger partial charge in [0, 0.05) is 0 Å². The summed E-state index contributed by atoms with van der Waals surface area (Å²) in [5.41, 5.74) is 6.31. The van der Waals surface area contributed by atoms with Gasteiger partial charge in [0.1, 0.15) is 11.6 Å². The minimum absolute atomic E-state index is 0.0309. The van der Waals surface area contributed by atoms with Crippen LogP contribution in [0.2, 0.25) is 0 Å². The number of nitrogens with zero attached hydrogens (tertiary/aromatic N) is 2. The molecular weight excluding hydrogens is 717 g/mol. The molecule has 4 aromatic rings. The Morgan fingerprint density at radius 3 is 1.39 bits per heavy atom. The molecule has 51 heavy (non-hydrogen) atoms. The molecule has 0 aliphatic carbocycles. The molecule has 0 bridgehead atoms. The van der Waals surface area contributed by atoms with Crippen molar-refractivity contribution in [1.29, 1.82) is 0 Å². The predicted molar refractivity (Wildman–Crippen MR) is 184 cm³/mol. The molecule has 0 radical (unpaired) electrons. The molecule has 11 nitrogen and oxygen atoms in total. The van der Waals surface area contributed by atoms with Gasteiger partial charge in [-0.15, -0.1) is 0 Å². The van der Waals surface area contributed by atoms with E-state index in [0.29, 0.717) is 16.9 Å². The van der Waals surface area contributed by atoms with Crippen molar-refractivity contribution in [2.45, 2.75) is 19.5 Å². The molecule has 1 amide bonds. The second kappa shape index (κ2) is 17.7. The smallest absolute Gasteiger partial charge is 0.315 e. The number of anilines is 2. The van der Waals surface area contributed by atoms with Crippen LogP contribution in [-0.4, -0.2) is 66.3 Å². The van der Waals surface area contributed by atoms with E-state index >= 15 is 0 Å². The summed E-state index contributed by atoms with van der Waals surface area (Å²) < 4.78 is 103. The fourth-order valence-corrected chi connectivity index (χ4v) is 6.31. The first-order chi connectivity index (χ1) is 23.9. The van der Waals surface area contributed by atoms with E-state index in [1.54, 1.807) is 66.0 Å². The number of benzene rings is 4. The van der Waals surface area contributed by atoms with E-state index < -0.39 is 67.7 Å². The van der Waals surface area contributed by atoms with Crippen LogP contribution in [0, 0.1) is 11.6 Å². The second-order valence-corrected chi connectivity index (χ2v) is 14.7. The first-order valence-corrected chi connectivity index (χ1v) is 18.6. The minimum Gasteiger partial charge on any atom is -0.344 e. The van der Waals surface area contributed by atoms with E-state index in [9.17, 15) is 48.8 Å². The first-order valence-electron chi connectivity index (χ1n) is 14.9. The number of nitrogens with two attached hydrogens (primary N) is 1. The quantitative estimate of drug-likeness (QED) is 0.143. The van der Waals surface area contributed by atoms with Crippen LogP contribution < -0.4 is 19.7 Å². The lowest BCUT2D eigenvalue weighted by atomic mass is 10.1. The van der Waals surface area contributed by atoms with E-state index in [1.165, 1.54) is 22.5 Å². The highest BCUT2D eigenvalue weighted by Crippen LogP contribution is 2.23. The lowest BCUT2D eigenvalue weighted by molar-refractivity contribution is -0.131. The number of carbonyl (C=O) groups is 3.